The summed E-state index contributed by atoms with van der Waals surface area (Å²) in [7, 11) is 0. The van der Waals surface area contributed by atoms with Crippen LogP contribution in [0, 0.1) is 0 Å². The lowest BCUT2D eigenvalue weighted by Crippen LogP contribution is -2.35. The lowest BCUT2D eigenvalue weighted by Gasteiger charge is -2.31. The normalized spacial score (nSPS) is 20.4. The topological polar surface area (TPSA) is 50.9 Å². The largest absolute Gasteiger partial charge is 0.389 e. The quantitative estimate of drug-likeness (QED) is 0.821. The molecule has 1 aromatic rings. The van der Waals surface area contributed by atoms with Crippen molar-refractivity contribution in [2.75, 3.05) is 0 Å². The second kappa shape index (κ2) is 4.31. The van der Waals surface area contributed by atoms with Crippen LogP contribution in [0.1, 0.15) is 44.9 Å². The fourth-order valence-electron chi connectivity index (χ4n) is 2.37. The van der Waals surface area contributed by atoms with Gasteiger partial charge in [0.25, 0.3) is 0 Å². The molecule has 0 bridgehead atoms. The molecule has 0 aromatic carbocycles. The van der Waals surface area contributed by atoms with E-state index in [9.17, 15) is 5.11 Å². The molecule has 1 heterocycles. The molecule has 1 aliphatic carbocycles. The number of rotatable bonds is 3. The predicted octanol–water partition coefficient (Wildman–Crippen LogP) is 1.54. The van der Waals surface area contributed by atoms with E-state index < -0.39 is 5.60 Å². The first-order valence-corrected chi connectivity index (χ1v) is 5.82. The van der Waals surface area contributed by atoms with Crippen molar-refractivity contribution < 1.29 is 5.11 Å². The van der Waals surface area contributed by atoms with E-state index in [1.54, 1.807) is 6.33 Å². The molecule has 1 saturated carbocycles. The summed E-state index contributed by atoms with van der Waals surface area (Å²) < 4.78 is 1.87. The first-order valence-electron chi connectivity index (χ1n) is 5.82. The van der Waals surface area contributed by atoms with E-state index in [0.717, 1.165) is 38.1 Å². The van der Waals surface area contributed by atoms with Crippen molar-refractivity contribution in [2.24, 2.45) is 0 Å². The van der Waals surface area contributed by atoms with E-state index in [1.165, 1.54) is 6.42 Å². The molecule has 15 heavy (non-hydrogen) atoms. The highest BCUT2D eigenvalue weighted by Gasteiger charge is 2.30. The summed E-state index contributed by atoms with van der Waals surface area (Å²) >= 11 is 0. The Morgan fingerprint density at radius 2 is 2.13 bits per heavy atom. The standard InChI is InChI=1S/C11H19N3O/c1-2-14-10(12-9-13-14)8-11(15)6-4-3-5-7-11/h9,15H,2-8H2,1H3. The maximum absolute atomic E-state index is 10.4. The van der Waals surface area contributed by atoms with E-state index in [2.05, 4.69) is 10.1 Å². The van der Waals surface area contributed by atoms with Crippen molar-refractivity contribution in [1.82, 2.24) is 14.8 Å². The molecule has 0 atom stereocenters. The van der Waals surface area contributed by atoms with Crippen molar-refractivity contribution in [2.45, 2.75) is 57.6 Å². The third kappa shape index (κ3) is 2.37. The van der Waals surface area contributed by atoms with Gasteiger partial charge in [0.05, 0.1) is 5.60 Å². The second-order valence-corrected chi connectivity index (χ2v) is 4.45. The molecule has 1 fully saturated rings. The van der Waals surface area contributed by atoms with Gasteiger partial charge >= 0.3 is 0 Å². The van der Waals surface area contributed by atoms with E-state index in [4.69, 9.17) is 0 Å². The Morgan fingerprint density at radius 3 is 2.80 bits per heavy atom. The van der Waals surface area contributed by atoms with Crippen LogP contribution in [0.4, 0.5) is 0 Å². The smallest absolute Gasteiger partial charge is 0.138 e. The van der Waals surface area contributed by atoms with Crippen molar-refractivity contribution in [3.05, 3.63) is 12.2 Å². The highest BCUT2D eigenvalue weighted by atomic mass is 16.3. The fourth-order valence-corrected chi connectivity index (χ4v) is 2.37. The Bertz CT molecular complexity index is 315. The maximum atomic E-state index is 10.4. The van der Waals surface area contributed by atoms with Gasteiger partial charge in [0.1, 0.15) is 12.2 Å². The zero-order valence-corrected chi connectivity index (χ0v) is 9.32. The van der Waals surface area contributed by atoms with Crippen LogP contribution in [-0.4, -0.2) is 25.5 Å². The molecular formula is C11H19N3O. The van der Waals surface area contributed by atoms with Crippen molar-refractivity contribution in [3.63, 3.8) is 0 Å². The Hall–Kier alpha value is -0.900. The maximum Gasteiger partial charge on any atom is 0.138 e. The molecule has 1 aliphatic rings. The van der Waals surface area contributed by atoms with Gasteiger partial charge in [-0.05, 0) is 19.8 Å². The minimum Gasteiger partial charge on any atom is -0.389 e. The van der Waals surface area contributed by atoms with Gasteiger partial charge in [-0.25, -0.2) is 4.98 Å². The van der Waals surface area contributed by atoms with Gasteiger partial charge in [0, 0.05) is 13.0 Å². The van der Waals surface area contributed by atoms with Crippen molar-refractivity contribution in [3.8, 4) is 0 Å². The number of nitrogens with zero attached hydrogens (tertiary/aromatic N) is 3. The molecule has 4 heteroatoms. The Morgan fingerprint density at radius 1 is 1.40 bits per heavy atom. The first kappa shape index (κ1) is 10.6. The molecule has 0 unspecified atom stereocenters. The van der Waals surface area contributed by atoms with Crippen LogP contribution in [0.5, 0.6) is 0 Å². The lowest BCUT2D eigenvalue weighted by molar-refractivity contribution is 0.00192. The molecule has 0 amide bonds. The van der Waals surface area contributed by atoms with Crippen molar-refractivity contribution >= 4 is 0 Å². The van der Waals surface area contributed by atoms with Crippen LogP contribution < -0.4 is 0 Å². The van der Waals surface area contributed by atoms with E-state index in [1.807, 2.05) is 11.6 Å². The SMILES string of the molecule is CCn1ncnc1CC1(O)CCCCC1. The third-order valence-electron chi connectivity index (χ3n) is 3.27. The van der Waals surface area contributed by atoms with Crippen LogP contribution >= 0.6 is 0 Å². The number of aliphatic hydroxyl groups is 1. The highest BCUT2D eigenvalue weighted by molar-refractivity contribution is 4.95. The second-order valence-electron chi connectivity index (χ2n) is 4.45. The third-order valence-corrected chi connectivity index (χ3v) is 3.27. The molecule has 0 aliphatic heterocycles. The Kier molecular flexibility index (Phi) is 3.05. The van der Waals surface area contributed by atoms with Gasteiger partial charge < -0.3 is 5.11 Å². The van der Waals surface area contributed by atoms with Crippen molar-refractivity contribution in [1.29, 1.82) is 0 Å². The summed E-state index contributed by atoms with van der Waals surface area (Å²) in [5, 5.41) is 14.5. The van der Waals surface area contributed by atoms with Crippen LogP contribution in [-0.2, 0) is 13.0 Å². The van der Waals surface area contributed by atoms with Gasteiger partial charge in [-0.1, -0.05) is 19.3 Å². The number of hydrogen-bond acceptors (Lipinski definition) is 3. The zero-order valence-electron chi connectivity index (χ0n) is 9.32. The number of aryl methyl sites for hydroxylation is 1. The Balaban J connectivity index is 2.06. The van der Waals surface area contributed by atoms with Gasteiger partial charge in [0.2, 0.25) is 0 Å². The average molecular weight is 209 g/mol. The summed E-state index contributed by atoms with van der Waals surface area (Å²) in [5.41, 5.74) is -0.530. The summed E-state index contributed by atoms with van der Waals surface area (Å²) in [6.45, 7) is 2.87. The van der Waals surface area contributed by atoms with E-state index in [-0.39, 0.29) is 0 Å². The van der Waals surface area contributed by atoms with Crippen LogP contribution in [0.3, 0.4) is 0 Å². The average Bonchev–Trinajstić information content (AvgIpc) is 2.65. The molecule has 4 nitrogen and oxygen atoms in total. The molecule has 1 aromatic heterocycles. The minimum atomic E-state index is -0.530. The van der Waals surface area contributed by atoms with Gasteiger partial charge in [-0.2, -0.15) is 5.10 Å². The molecule has 0 spiro atoms. The van der Waals surface area contributed by atoms with Crippen LogP contribution in [0.15, 0.2) is 6.33 Å². The molecule has 0 radical (unpaired) electrons. The molecule has 0 saturated heterocycles. The van der Waals surface area contributed by atoms with Gasteiger partial charge in [0.15, 0.2) is 0 Å². The monoisotopic (exact) mass is 209 g/mol. The number of hydrogen-bond donors (Lipinski definition) is 1. The Labute approximate surface area is 90.3 Å². The number of aromatic nitrogens is 3. The molecular weight excluding hydrogens is 190 g/mol. The summed E-state index contributed by atoms with van der Waals surface area (Å²) in [6.07, 6.45) is 7.56. The van der Waals surface area contributed by atoms with E-state index >= 15 is 0 Å². The molecule has 2 rings (SSSR count). The highest BCUT2D eigenvalue weighted by Crippen LogP contribution is 2.30. The summed E-state index contributed by atoms with van der Waals surface area (Å²) in [5.74, 6) is 0.918. The predicted molar refractivity (Wildman–Crippen MR) is 57.4 cm³/mol. The molecule has 84 valence electrons. The fraction of sp³-hybridized carbons (Fsp3) is 0.818. The summed E-state index contributed by atoms with van der Waals surface area (Å²) in [6, 6.07) is 0. The molecule has 1 N–H and O–H groups in total. The van der Waals surface area contributed by atoms with E-state index in [0.29, 0.717) is 6.42 Å². The minimum absolute atomic E-state index is 0.530. The van der Waals surface area contributed by atoms with Gasteiger partial charge in [-0.3, -0.25) is 4.68 Å². The summed E-state index contributed by atoms with van der Waals surface area (Å²) in [4.78, 5) is 4.22. The lowest BCUT2D eigenvalue weighted by atomic mass is 9.82. The zero-order chi connectivity index (χ0) is 10.7. The van der Waals surface area contributed by atoms with Gasteiger partial charge in [-0.15, -0.1) is 0 Å². The first-order chi connectivity index (χ1) is 7.23. The van der Waals surface area contributed by atoms with Crippen LogP contribution in [0.25, 0.3) is 0 Å². The van der Waals surface area contributed by atoms with Crippen LogP contribution in [0.2, 0.25) is 0 Å².